The molecule has 0 unspecified atom stereocenters. The monoisotopic (exact) mass is 355 g/mol. The molecule has 1 fully saturated rings. The maximum Gasteiger partial charge on any atom is 0.148 e. The lowest BCUT2D eigenvalue weighted by Crippen LogP contribution is -2.22. The summed E-state index contributed by atoms with van der Waals surface area (Å²) >= 11 is 0. The second-order valence-electron chi connectivity index (χ2n) is 9.49. The number of fused-ring (bicyclic) bond motifs is 7. The molecule has 3 aliphatic rings. The first-order valence-corrected chi connectivity index (χ1v) is 10.3. The van der Waals surface area contributed by atoms with E-state index in [0.29, 0.717) is 0 Å². The van der Waals surface area contributed by atoms with Crippen LogP contribution in [0.4, 0.5) is 0 Å². The molecule has 3 nitrogen and oxygen atoms in total. The van der Waals surface area contributed by atoms with Crippen molar-refractivity contribution in [3.63, 3.8) is 0 Å². The van der Waals surface area contributed by atoms with Gasteiger partial charge in [-0.25, -0.2) is 9.97 Å². The van der Waals surface area contributed by atoms with E-state index in [9.17, 15) is 0 Å². The molecular formula is C24H25N3. The maximum atomic E-state index is 5.13. The Morgan fingerprint density at radius 1 is 0.852 bits per heavy atom. The molecule has 0 spiro atoms. The van der Waals surface area contributed by atoms with Crippen LogP contribution in [-0.4, -0.2) is 14.4 Å². The van der Waals surface area contributed by atoms with Crippen molar-refractivity contribution in [3.05, 3.63) is 53.3 Å². The number of nitrogens with zero attached hydrogens (tertiary/aromatic N) is 3. The van der Waals surface area contributed by atoms with E-state index in [2.05, 4.69) is 61.6 Å². The zero-order chi connectivity index (χ0) is 18.3. The van der Waals surface area contributed by atoms with Crippen LogP contribution in [0.3, 0.4) is 0 Å². The van der Waals surface area contributed by atoms with Gasteiger partial charge >= 0.3 is 0 Å². The first kappa shape index (κ1) is 15.6. The Hall–Kier alpha value is -2.42. The van der Waals surface area contributed by atoms with Crippen molar-refractivity contribution in [3.8, 4) is 0 Å². The highest BCUT2D eigenvalue weighted by molar-refractivity contribution is 5.97. The maximum absolute atomic E-state index is 5.13. The van der Waals surface area contributed by atoms with Gasteiger partial charge in [0.2, 0.25) is 0 Å². The van der Waals surface area contributed by atoms with Crippen molar-refractivity contribution in [2.24, 2.45) is 0 Å². The third kappa shape index (κ3) is 2.08. The van der Waals surface area contributed by atoms with E-state index in [4.69, 9.17) is 9.97 Å². The van der Waals surface area contributed by atoms with Gasteiger partial charge in [-0.3, -0.25) is 4.40 Å². The van der Waals surface area contributed by atoms with Gasteiger partial charge < -0.3 is 0 Å². The molecule has 1 saturated carbocycles. The van der Waals surface area contributed by atoms with Gasteiger partial charge in [-0.1, -0.05) is 32.9 Å². The van der Waals surface area contributed by atoms with Crippen molar-refractivity contribution >= 4 is 27.6 Å². The molecule has 0 radical (unpaired) electrons. The van der Waals surface area contributed by atoms with Gasteiger partial charge in [-0.15, -0.1) is 0 Å². The fourth-order valence-electron chi connectivity index (χ4n) is 5.40. The topological polar surface area (TPSA) is 30.2 Å². The van der Waals surface area contributed by atoms with E-state index in [1.165, 1.54) is 31.2 Å². The Kier molecular flexibility index (Phi) is 2.95. The van der Waals surface area contributed by atoms with Crippen LogP contribution in [0.5, 0.6) is 0 Å². The van der Waals surface area contributed by atoms with Gasteiger partial charge in [0.05, 0.1) is 16.6 Å². The Morgan fingerprint density at radius 3 is 2.22 bits per heavy atom. The van der Waals surface area contributed by atoms with Gasteiger partial charge in [0.1, 0.15) is 11.5 Å². The van der Waals surface area contributed by atoms with E-state index in [-0.39, 0.29) is 5.41 Å². The summed E-state index contributed by atoms with van der Waals surface area (Å²) in [6.07, 6.45) is 5.42. The molecule has 2 aromatic heterocycles. The summed E-state index contributed by atoms with van der Waals surface area (Å²) < 4.78 is 2.33. The van der Waals surface area contributed by atoms with Crippen LogP contribution in [-0.2, 0) is 5.41 Å². The van der Waals surface area contributed by atoms with E-state index in [1.807, 2.05) is 0 Å². The van der Waals surface area contributed by atoms with Crippen LogP contribution < -0.4 is 0 Å². The number of aromatic nitrogens is 3. The Bertz CT molecular complexity index is 1220. The SMILES string of the molecule is CC(C)(C)c1nc2ccccc2c2nc3cc4c(cc3n12)C1CCC4CC1. The van der Waals surface area contributed by atoms with Crippen molar-refractivity contribution in [1.29, 1.82) is 0 Å². The summed E-state index contributed by atoms with van der Waals surface area (Å²) in [7, 11) is 0. The van der Waals surface area contributed by atoms with Gasteiger partial charge in [-0.05, 0) is 72.9 Å². The van der Waals surface area contributed by atoms with Crippen molar-refractivity contribution in [2.45, 2.75) is 63.7 Å². The van der Waals surface area contributed by atoms with E-state index < -0.39 is 0 Å². The van der Waals surface area contributed by atoms with Crippen LogP contribution in [0.2, 0.25) is 0 Å². The third-order valence-corrected chi connectivity index (χ3v) is 6.72. The highest BCUT2D eigenvalue weighted by Gasteiger charge is 2.34. The van der Waals surface area contributed by atoms with Crippen LogP contribution in [0.25, 0.3) is 27.6 Å². The molecule has 0 amide bonds. The van der Waals surface area contributed by atoms with Gasteiger partial charge in [0.15, 0.2) is 0 Å². The second-order valence-corrected chi connectivity index (χ2v) is 9.49. The third-order valence-electron chi connectivity index (χ3n) is 6.72. The van der Waals surface area contributed by atoms with Gasteiger partial charge in [0, 0.05) is 10.8 Å². The zero-order valence-corrected chi connectivity index (χ0v) is 16.3. The summed E-state index contributed by atoms with van der Waals surface area (Å²) in [6.45, 7) is 6.74. The lowest BCUT2D eigenvalue weighted by atomic mass is 9.67. The lowest BCUT2D eigenvalue weighted by Gasteiger charge is -2.38. The summed E-state index contributed by atoms with van der Waals surface area (Å²) in [4.78, 5) is 10.2. The molecule has 0 aliphatic heterocycles. The van der Waals surface area contributed by atoms with Crippen molar-refractivity contribution < 1.29 is 0 Å². The number of hydrogen-bond acceptors (Lipinski definition) is 2. The molecule has 7 rings (SSSR count). The Labute approximate surface area is 159 Å². The number of hydrogen-bond donors (Lipinski definition) is 0. The standard InChI is InChI=1S/C24H25N3/c1-24(2,3)23-26-19-7-5-4-6-16(19)22-25-20-12-17-14-8-10-15(11-9-14)18(17)13-21(20)27(22)23/h4-7,12-15H,8-11H2,1-3H3. The highest BCUT2D eigenvalue weighted by atomic mass is 15.1. The average Bonchev–Trinajstić information content (AvgIpc) is 3.05. The molecule has 0 N–H and O–H groups in total. The normalized spacial score (nSPS) is 22.0. The minimum atomic E-state index is -0.0508. The minimum Gasteiger partial charge on any atom is -0.279 e. The molecular weight excluding hydrogens is 330 g/mol. The molecule has 136 valence electrons. The molecule has 0 saturated heterocycles. The van der Waals surface area contributed by atoms with Gasteiger partial charge in [-0.2, -0.15) is 0 Å². The van der Waals surface area contributed by atoms with Crippen LogP contribution in [0, 0.1) is 0 Å². The quantitative estimate of drug-likeness (QED) is 0.382. The summed E-state index contributed by atoms with van der Waals surface area (Å²) in [6, 6.07) is 13.3. The fraction of sp³-hybridized carbons (Fsp3) is 0.417. The number of para-hydroxylation sites is 1. The second kappa shape index (κ2) is 5.09. The van der Waals surface area contributed by atoms with Crippen LogP contribution in [0.15, 0.2) is 36.4 Å². The smallest absolute Gasteiger partial charge is 0.148 e. The zero-order valence-electron chi connectivity index (χ0n) is 16.3. The average molecular weight is 355 g/mol. The molecule has 4 aromatic rings. The molecule has 27 heavy (non-hydrogen) atoms. The predicted octanol–water partition coefficient (Wildman–Crippen LogP) is 6.09. The largest absolute Gasteiger partial charge is 0.279 e. The molecule has 2 bridgehead atoms. The number of benzene rings is 2. The lowest BCUT2D eigenvalue weighted by molar-refractivity contribution is 0.359. The van der Waals surface area contributed by atoms with Crippen molar-refractivity contribution in [1.82, 2.24) is 14.4 Å². The van der Waals surface area contributed by atoms with Crippen LogP contribution in [0.1, 0.15) is 75.2 Å². The first-order chi connectivity index (χ1) is 13.0. The molecule has 3 heteroatoms. The molecule has 2 aromatic carbocycles. The fourth-order valence-corrected chi connectivity index (χ4v) is 5.40. The number of imidazole rings is 1. The Morgan fingerprint density at radius 2 is 1.52 bits per heavy atom. The molecule has 2 heterocycles. The van der Waals surface area contributed by atoms with Crippen molar-refractivity contribution in [2.75, 3.05) is 0 Å². The van der Waals surface area contributed by atoms with E-state index in [1.54, 1.807) is 11.1 Å². The Balaban J connectivity index is 1.79. The summed E-state index contributed by atoms with van der Waals surface area (Å²) in [5.41, 5.74) is 7.56. The number of rotatable bonds is 0. The van der Waals surface area contributed by atoms with Crippen LogP contribution >= 0.6 is 0 Å². The predicted molar refractivity (Wildman–Crippen MR) is 111 cm³/mol. The minimum absolute atomic E-state index is 0.0508. The van der Waals surface area contributed by atoms with E-state index in [0.717, 1.165) is 39.7 Å². The summed E-state index contributed by atoms with van der Waals surface area (Å²) in [5, 5.41) is 1.14. The highest BCUT2D eigenvalue weighted by Crippen LogP contribution is 2.50. The van der Waals surface area contributed by atoms with Gasteiger partial charge in [0.25, 0.3) is 0 Å². The molecule has 0 atom stereocenters. The van der Waals surface area contributed by atoms with E-state index >= 15 is 0 Å². The molecule has 3 aliphatic carbocycles. The first-order valence-electron chi connectivity index (χ1n) is 10.3. The summed E-state index contributed by atoms with van der Waals surface area (Å²) in [5.74, 6) is 2.59.